The number of nitrogens with zero attached hydrogens (tertiary/aromatic N) is 1. The lowest BCUT2D eigenvalue weighted by Gasteiger charge is -2.27. The van der Waals surface area contributed by atoms with Crippen molar-refractivity contribution in [2.24, 2.45) is 0 Å². The van der Waals surface area contributed by atoms with Gasteiger partial charge in [0.2, 0.25) is 11.6 Å². The largest absolute Gasteiger partial charge is 0.379 e. The van der Waals surface area contributed by atoms with E-state index in [1.165, 1.54) is 0 Å². The molecule has 7 heteroatoms. The first kappa shape index (κ1) is 16.6. The lowest BCUT2D eigenvalue weighted by atomic mass is 9.92. The Kier molecular flexibility index (Phi) is 5.16. The molecule has 0 atom stereocenters. The van der Waals surface area contributed by atoms with E-state index in [4.69, 9.17) is 16.3 Å². The molecule has 0 saturated carbocycles. The summed E-state index contributed by atoms with van der Waals surface area (Å²) >= 11 is 9.43. The predicted molar refractivity (Wildman–Crippen MR) is 90.9 cm³/mol. The van der Waals surface area contributed by atoms with Gasteiger partial charge in [0, 0.05) is 41.8 Å². The zero-order valence-corrected chi connectivity index (χ0v) is 14.7. The number of carbonyl (C=O) groups is 2. The van der Waals surface area contributed by atoms with Crippen molar-refractivity contribution < 1.29 is 14.3 Å². The highest BCUT2D eigenvalue weighted by molar-refractivity contribution is 9.10. The standard InChI is InChI=1S/C16H16BrClN2O3/c17-10-1-2-11-12(9-10)15(21)13(18)14(16(11)22)19-3-4-20-5-7-23-8-6-20/h1-2,9,19H,3-8H2. The normalized spacial score (nSPS) is 19.0. The molecule has 23 heavy (non-hydrogen) atoms. The van der Waals surface area contributed by atoms with E-state index in [1.807, 2.05) is 0 Å². The summed E-state index contributed by atoms with van der Waals surface area (Å²) in [5, 5.41) is 3.00. The maximum Gasteiger partial charge on any atom is 0.211 e. The van der Waals surface area contributed by atoms with Crippen LogP contribution in [0.4, 0.5) is 0 Å². The van der Waals surface area contributed by atoms with Crippen LogP contribution in [0, 0.1) is 0 Å². The number of hydrogen-bond donors (Lipinski definition) is 1. The van der Waals surface area contributed by atoms with Gasteiger partial charge in [-0.05, 0) is 18.2 Å². The van der Waals surface area contributed by atoms with Gasteiger partial charge in [-0.1, -0.05) is 27.5 Å². The van der Waals surface area contributed by atoms with Crippen molar-refractivity contribution in [1.82, 2.24) is 10.2 Å². The number of benzene rings is 1. The van der Waals surface area contributed by atoms with E-state index in [9.17, 15) is 9.59 Å². The van der Waals surface area contributed by atoms with Gasteiger partial charge in [0.1, 0.15) is 10.7 Å². The van der Waals surface area contributed by atoms with Crippen LogP contribution in [-0.2, 0) is 4.74 Å². The number of carbonyl (C=O) groups excluding carboxylic acids is 2. The fourth-order valence-corrected chi connectivity index (χ4v) is 3.31. The van der Waals surface area contributed by atoms with Crippen LogP contribution in [0.5, 0.6) is 0 Å². The van der Waals surface area contributed by atoms with E-state index in [0.29, 0.717) is 17.7 Å². The monoisotopic (exact) mass is 398 g/mol. The Labute approximate surface area is 147 Å². The topological polar surface area (TPSA) is 58.6 Å². The molecule has 5 nitrogen and oxygen atoms in total. The van der Waals surface area contributed by atoms with E-state index < -0.39 is 0 Å². The minimum Gasteiger partial charge on any atom is -0.379 e. The van der Waals surface area contributed by atoms with Gasteiger partial charge in [0.05, 0.1) is 13.2 Å². The summed E-state index contributed by atoms with van der Waals surface area (Å²) < 4.78 is 6.04. The molecule has 1 aromatic rings. The Hall–Kier alpha value is -1.21. The molecule has 1 N–H and O–H groups in total. The number of ketones is 2. The zero-order chi connectivity index (χ0) is 16.4. The van der Waals surface area contributed by atoms with Gasteiger partial charge in [-0.25, -0.2) is 0 Å². The molecule has 1 aliphatic carbocycles. The molecule has 0 spiro atoms. The Morgan fingerprint density at radius 1 is 1.17 bits per heavy atom. The van der Waals surface area contributed by atoms with Gasteiger partial charge in [-0.2, -0.15) is 0 Å². The van der Waals surface area contributed by atoms with Crippen molar-refractivity contribution >= 4 is 39.1 Å². The number of allylic oxidation sites excluding steroid dienone is 2. The Morgan fingerprint density at radius 2 is 1.91 bits per heavy atom. The van der Waals surface area contributed by atoms with E-state index in [1.54, 1.807) is 18.2 Å². The van der Waals surface area contributed by atoms with Crippen LogP contribution in [-0.4, -0.2) is 55.9 Å². The second-order valence-electron chi connectivity index (χ2n) is 5.42. The minimum absolute atomic E-state index is 0.0393. The van der Waals surface area contributed by atoms with Gasteiger partial charge < -0.3 is 10.1 Å². The molecule has 1 fully saturated rings. The van der Waals surface area contributed by atoms with Gasteiger partial charge >= 0.3 is 0 Å². The maximum atomic E-state index is 12.6. The highest BCUT2D eigenvalue weighted by Crippen LogP contribution is 2.29. The van der Waals surface area contributed by atoms with Crippen molar-refractivity contribution in [3.05, 3.63) is 44.5 Å². The summed E-state index contributed by atoms with van der Waals surface area (Å²) in [4.78, 5) is 27.2. The first-order valence-electron chi connectivity index (χ1n) is 7.40. The highest BCUT2D eigenvalue weighted by atomic mass is 79.9. The van der Waals surface area contributed by atoms with Crippen LogP contribution in [0.25, 0.3) is 0 Å². The maximum absolute atomic E-state index is 12.6. The fourth-order valence-electron chi connectivity index (χ4n) is 2.69. The lowest BCUT2D eigenvalue weighted by Crippen LogP contribution is -2.41. The van der Waals surface area contributed by atoms with Gasteiger partial charge in [0.15, 0.2) is 0 Å². The number of ether oxygens (including phenoxy) is 1. The summed E-state index contributed by atoms with van der Waals surface area (Å²) in [6, 6.07) is 5.02. The molecule has 1 aromatic carbocycles. The van der Waals surface area contributed by atoms with Crippen LogP contribution in [0.15, 0.2) is 33.4 Å². The van der Waals surface area contributed by atoms with Crippen molar-refractivity contribution in [1.29, 1.82) is 0 Å². The van der Waals surface area contributed by atoms with Crippen LogP contribution in [0.3, 0.4) is 0 Å². The van der Waals surface area contributed by atoms with Crippen molar-refractivity contribution in [3.63, 3.8) is 0 Å². The predicted octanol–water partition coefficient (Wildman–Crippen LogP) is 2.20. The molecular weight excluding hydrogens is 384 g/mol. The number of rotatable bonds is 4. The summed E-state index contributed by atoms with van der Waals surface area (Å²) in [5.41, 5.74) is 0.921. The molecule has 0 aromatic heterocycles. The first-order chi connectivity index (χ1) is 11.1. The Morgan fingerprint density at radius 3 is 2.65 bits per heavy atom. The van der Waals surface area contributed by atoms with Gasteiger partial charge in [-0.15, -0.1) is 0 Å². The number of nitrogens with one attached hydrogen (secondary N) is 1. The molecule has 1 aliphatic heterocycles. The lowest BCUT2D eigenvalue weighted by molar-refractivity contribution is 0.0386. The second-order valence-corrected chi connectivity index (χ2v) is 6.71. The van der Waals surface area contributed by atoms with Crippen LogP contribution >= 0.6 is 27.5 Å². The smallest absolute Gasteiger partial charge is 0.211 e. The minimum atomic E-state index is -0.323. The third kappa shape index (κ3) is 3.50. The average Bonchev–Trinajstić information content (AvgIpc) is 2.57. The number of morpholine rings is 1. The van der Waals surface area contributed by atoms with E-state index in [-0.39, 0.29) is 22.3 Å². The second kappa shape index (κ2) is 7.13. The van der Waals surface area contributed by atoms with Crippen LogP contribution < -0.4 is 5.32 Å². The van der Waals surface area contributed by atoms with Gasteiger partial charge in [0.25, 0.3) is 0 Å². The van der Waals surface area contributed by atoms with E-state index in [0.717, 1.165) is 37.3 Å². The number of fused-ring (bicyclic) bond motifs is 1. The van der Waals surface area contributed by atoms with E-state index >= 15 is 0 Å². The van der Waals surface area contributed by atoms with Crippen LogP contribution in [0.2, 0.25) is 0 Å². The molecule has 0 bridgehead atoms. The fraction of sp³-hybridized carbons (Fsp3) is 0.375. The molecule has 0 unspecified atom stereocenters. The third-order valence-corrected chi connectivity index (χ3v) is 4.80. The third-order valence-electron chi connectivity index (χ3n) is 3.95. The molecule has 1 saturated heterocycles. The summed E-state index contributed by atoms with van der Waals surface area (Å²) in [7, 11) is 0. The molecule has 0 radical (unpaired) electrons. The summed E-state index contributed by atoms with van der Waals surface area (Å²) in [6.07, 6.45) is 0. The molecule has 2 aliphatic rings. The van der Waals surface area contributed by atoms with Crippen LogP contribution in [0.1, 0.15) is 20.7 Å². The van der Waals surface area contributed by atoms with Gasteiger partial charge in [-0.3, -0.25) is 14.5 Å². The average molecular weight is 400 g/mol. The molecular formula is C16H16BrClN2O3. The molecule has 0 amide bonds. The quantitative estimate of drug-likeness (QED) is 0.841. The first-order valence-corrected chi connectivity index (χ1v) is 8.57. The Balaban J connectivity index is 1.71. The zero-order valence-electron chi connectivity index (χ0n) is 12.4. The summed E-state index contributed by atoms with van der Waals surface area (Å²) in [6.45, 7) is 4.52. The highest BCUT2D eigenvalue weighted by Gasteiger charge is 2.31. The molecule has 3 rings (SSSR count). The Bertz CT molecular complexity index is 684. The number of halogens is 2. The van der Waals surface area contributed by atoms with E-state index in [2.05, 4.69) is 26.1 Å². The van der Waals surface area contributed by atoms with Crippen molar-refractivity contribution in [3.8, 4) is 0 Å². The van der Waals surface area contributed by atoms with Crippen molar-refractivity contribution in [2.45, 2.75) is 0 Å². The molecule has 1 heterocycles. The molecule has 122 valence electrons. The number of Topliss-reactive ketones (excluding diaryl/α,β-unsaturated/α-hetero) is 2. The number of hydrogen-bond acceptors (Lipinski definition) is 5. The SMILES string of the molecule is O=C1C(Cl)=C(NCCN2CCOCC2)C(=O)c2ccc(Br)cc21. The van der Waals surface area contributed by atoms with Crippen molar-refractivity contribution in [2.75, 3.05) is 39.4 Å². The summed E-state index contributed by atoms with van der Waals surface area (Å²) in [5.74, 6) is -0.560.